The van der Waals surface area contributed by atoms with Crippen LogP contribution in [0.3, 0.4) is 0 Å². The van der Waals surface area contributed by atoms with Gasteiger partial charge in [-0.2, -0.15) is 0 Å². The minimum atomic E-state index is -0.0579. The molecule has 1 heterocycles. The van der Waals surface area contributed by atoms with E-state index in [-0.39, 0.29) is 6.04 Å². The van der Waals surface area contributed by atoms with E-state index in [1.54, 1.807) is 18.4 Å². The fourth-order valence-electron chi connectivity index (χ4n) is 1.95. The summed E-state index contributed by atoms with van der Waals surface area (Å²) in [6.07, 6.45) is 0. The van der Waals surface area contributed by atoms with Gasteiger partial charge in [-0.3, -0.25) is 0 Å². The standard InChI is InChI=1S/C13H12BrCl2NOS/c1-17-11(13-10(16)3-4-19-13)8-5-7(15)6-9(14)12(8)18-2/h3-6,11,17H,1-2H3. The van der Waals surface area contributed by atoms with Crippen LogP contribution in [0.25, 0.3) is 0 Å². The largest absolute Gasteiger partial charge is 0.495 e. The highest BCUT2D eigenvalue weighted by Crippen LogP contribution is 2.41. The van der Waals surface area contributed by atoms with Gasteiger partial charge in [0.2, 0.25) is 0 Å². The molecular formula is C13H12BrCl2NOS. The van der Waals surface area contributed by atoms with E-state index in [0.717, 1.165) is 25.7 Å². The lowest BCUT2D eigenvalue weighted by atomic mass is 10.0. The van der Waals surface area contributed by atoms with E-state index in [4.69, 9.17) is 27.9 Å². The van der Waals surface area contributed by atoms with Gasteiger partial charge in [0.05, 0.1) is 22.6 Å². The molecule has 1 aromatic carbocycles. The topological polar surface area (TPSA) is 21.3 Å². The van der Waals surface area contributed by atoms with E-state index >= 15 is 0 Å². The van der Waals surface area contributed by atoms with Crippen molar-refractivity contribution in [3.05, 3.63) is 48.5 Å². The minimum Gasteiger partial charge on any atom is -0.495 e. The fourth-order valence-corrected chi connectivity index (χ4v) is 4.24. The van der Waals surface area contributed by atoms with Crippen LogP contribution in [0.4, 0.5) is 0 Å². The number of hydrogen-bond donors (Lipinski definition) is 1. The van der Waals surface area contributed by atoms with E-state index in [1.807, 2.05) is 30.6 Å². The number of halogens is 3. The molecule has 0 bridgehead atoms. The van der Waals surface area contributed by atoms with Crippen LogP contribution in [-0.4, -0.2) is 14.2 Å². The Labute approximate surface area is 134 Å². The van der Waals surface area contributed by atoms with Crippen molar-refractivity contribution in [3.8, 4) is 5.75 Å². The number of ether oxygens (including phenoxy) is 1. The maximum Gasteiger partial charge on any atom is 0.138 e. The van der Waals surface area contributed by atoms with Gasteiger partial charge < -0.3 is 10.1 Å². The van der Waals surface area contributed by atoms with Gasteiger partial charge >= 0.3 is 0 Å². The molecule has 102 valence electrons. The number of hydrogen-bond acceptors (Lipinski definition) is 3. The second-order valence-corrected chi connectivity index (χ2v) is 6.51. The first-order chi connectivity index (χ1) is 9.08. The normalized spacial score (nSPS) is 12.5. The van der Waals surface area contributed by atoms with Crippen molar-refractivity contribution in [2.24, 2.45) is 0 Å². The molecule has 0 aliphatic rings. The van der Waals surface area contributed by atoms with Crippen molar-refractivity contribution in [2.75, 3.05) is 14.2 Å². The third kappa shape index (κ3) is 3.09. The van der Waals surface area contributed by atoms with Crippen LogP contribution >= 0.6 is 50.5 Å². The molecule has 2 rings (SSSR count). The Balaban J connectivity index is 2.58. The van der Waals surface area contributed by atoms with E-state index in [0.29, 0.717) is 5.02 Å². The molecule has 1 atom stereocenters. The molecule has 1 aromatic heterocycles. The summed E-state index contributed by atoms with van der Waals surface area (Å²) >= 11 is 17.4. The third-order valence-corrected chi connectivity index (χ3v) is 4.98. The van der Waals surface area contributed by atoms with Crippen LogP contribution in [-0.2, 0) is 0 Å². The quantitative estimate of drug-likeness (QED) is 0.793. The zero-order chi connectivity index (χ0) is 14.0. The highest BCUT2D eigenvalue weighted by molar-refractivity contribution is 9.10. The lowest BCUT2D eigenvalue weighted by Gasteiger charge is -2.20. The molecule has 0 radical (unpaired) electrons. The summed E-state index contributed by atoms with van der Waals surface area (Å²) in [6, 6.07) is 5.53. The number of benzene rings is 1. The molecule has 1 unspecified atom stereocenters. The van der Waals surface area contributed by atoms with Gasteiger partial charge in [0.25, 0.3) is 0 Å². The number of nitrogens with one attached hydrogen (secondary N) is 1. The highest BCUT2D eigenvalue weighted by atomic mass is 79.9. The van der Waals surface area contributed by atoms with Crippen LogP contribution in [0.1, 0.15) is 16.5 Å². The Morgan fingerprint density at radius 3 is 2.63 bits per heavy atom. The van der Waals surface area contributed by atoms with Gasteiger partial charge in [-0.1, -0.05) is 23.2 Å². The Kier molecular flexibility index (Phi) is 5.15. The summed E-state index contributed by atoms with van der Waals surface area (Å²) < 4.78 is 6.29. The average Bonchev–Trinajstić information content (AvgIpc) is 2.76. The summed E-state index contributed by atoms with van der Waals surface area (Å²) in [4.78, 5) is 1.04. The molecule has 0 spiro atoms. The van der Waals surface area contributed by atoms with Gasteiger partial charge in [-0.25, -0.2) is 0 Å². The molecule has 19 heavy (non-hydrogen) atoms. The summed E-state index contributed by atoms with van der Waals surface area (Å²) in [5.74, 6) is 0.758. The summed E-state index contributed by atoms with van der Waals surface area (Å²) in [5, 5.41) is 6.61. The van der Waals surface area contributed by atoms with Crippen LogP contribution in [0.15, 0.2) is 28.1 Å². The second-order valence-electron chi connectivity index (χ2n) is 3.86. The van der Waals surface area contributed by atoms with Crippen molar-refractivity contribution in [1.29, 1.82) is 0 Å². The Bertz CT molecular complexity index is 588. The lowest BCUT2D eigenvalue weighted by Crippen LogP contribution is -2.18. The molecule has 0 aliphatic carbocycles. The molecule has 2 aromatic rings. The monoisotopic (exact) mass is 379 g/mol. The first kappa shape index (κ1) is 15.1. The molecule has 0 saturated carbocycles. The van der Waals surface area contributed by atoms with Crippen molar-refractivity contribution in [1.82, 2.24) is 5.32 Å². The summed E-state index contributed by atoms with van der Waals surface area (Å²) in [6.45, 7) is 0. The first-order valence-corrected chi connectivity index (χ1v) is 7.94. The van der Waals surface area contributed by atoms with E-state index in [2.05, 4.69) is 21.2 Å². The fraction of sp³-hybridized carbons (Fsp3) is 0.231. The molecule has 0 amide bonds. The van der Waals surface area contributed by atoms with Gasteiger partial charge in [-0.15, -0.1) is 11.3 Å². The van der Waals surface area contributed by atoms with Gasteiger partial charge in [0.15, 0.2) is 0 Å². The Hall–Kier alpha value is -0.260. The predicted molar refractivity (Wildman–Crippen MR) is 85.9 cm³/mol. The smallest absolute Gasteiger partial charge is 0.138 e. The number of rotatable bonds is 4. The van der Waals surface area contributed by atoms with Gasteiger partial charge in [0.1, 0.15) is 5.75 Å². The molecule has 0 aliphatic heterocycles. The minimum absolute atomic E-state index is 0.0579. The number of thiophene rings is 1. The lowest BCUT2D eigenvalue weighted by molar-refractivity contribution is 0.403. The maximum absolute atomic E-state index is 6.22. The van der Waals surface area contributed by atoms with Crippen LogP contribution in [0.2, 0.25) is 10.0 Å². The van der Waals surface area contributed by atoms with E-state index < -0.39 is 0 Å². The molecule has 6 heteroatoms. The molecule has 0 saturated heterocycles. The van der Waals surface area contributed by atoms with Crippen molar-refractivity contribution in [3.63, 3.8) is 0 Å². The average molecular weight is 381 g/mol. The Morgan fingerprint density at radius 1 is 1.37 bits per heavy atom. The zero-order valence-electron chi connectivity index (χ0n) is 10.3. The van der Waals surface area contributed by atoms with Gasteiger partial charge in [-0.05, 0) is 46.6 Å². The SMILES string of the molecule is CNC(c1cc(Cl)cc(Br)c1OC)c1sccc1Cl. The van der Waals surface area contributed by atoms with Crippen LogP contribution in [0, 0.1) is 0 Å². The van der Waals surface area contributed by atoms with Crippen LogP contribution in [0.5, 0.6) is 5.75 Å². The Morgan fingerprint density at radius 2 is 2.11 bits per heavy atom. The maximum atomic E-state index is 6.22. The predicted octanol–water partition coefficient (Wildman–Crippen LogP) is 5.13. The van der Waals surface area contributed by atoms with E-state index in [9.17, 15) is 0 Å². The second kappa shape index (κ2) is 6.46. The summed E-state index contributed by atoms with van der Waals surface area (Å²) in [7, 11) is 3.52. The van der Waals surface area contributed by atoms with Gasteiger partial charge in [0, 0.05) is 15.5 Å². The van der Waals surface area contributed by atoms with Crippen LogP contribution < -0.4 is 10.1 Å². The summed E-state index contributed by atoms with van der Waals surface area (Å²) in [5.41, 5.74) is 0.953. The molecule has 1 N–H and O–H groups in total. The highest BCUT2D eigenvalue weighted by Gasteiger charge is 2.22. The van der Waals surface area contributed by atoms with Crippen molar-refractivity contribution >= 4 is 50.5 Å². The number of methoxy groups -OCH3 is 1. The van der Waals surface area contributed by atoms with Crippen molar-refractivity contribution in [2.45, 2.75) is 6.04 Å². The van der Waals surface area contributed by atoms with E-state index in [1.165, 1.54) is 0 Å². The molecule has 2 nitrogen and oxygen atoms in total. The van der Waals surface area contributed by atoms with Crippen molar-refractivity contribution < 1.29 is 4.74 Å². The molecular weight excluding hydrogens is 369 g/mol. The third-order valence-electron chi connectivity index (χ3n) is 2.75. The zero-order valence-corrected chi connectivity index (χ0v) is 14.3. The molecule has 0 fully saturated rings. The first-order valence-electron chi connectivity index (χ1n) is 5.51.